The summed E-state index contributed by atoms with van der Waals surface area (Å²) in [6, 6.07) is 0. The molecule has 0 heterocycles. The lowest BCUT2D eigenvalue weighted by atomic mass is 10.4. The Bertz CT molecular complexity index is 162. The van der Waals surface area contributed by atoms with Gasteiger partial charge in [-0.05, 0) is 6.42 Å². The molecule has 0 aliphatic rings. The van der Waals surface area contributed by atoms with Crippen molar-refractivity contribution in [1.29, 1.82) is 5.41 Å². The number of hydrogen-bond donors (Lipinski definition) is 3. The first-order valence-electron chi connectivity index (χ1n) is 3.41. The van der Waals surface area contributed by atoms with E-state index in [0.717, 1.165) is 6.42 Å². The molecule has 0 aliphatic carbocycles. The molecule has 0 saturated heterocycles. The third-order valence-electron chi connectivity index (χ3n) is 1.12. The summed E-state index contributed by atoms with van der Waals surface area (Å²) in [5, 5.41) is 7.84. The zero-order valence-corrected chi connectivity index (χ0v) is 7.61. The van der Waals surface area contributed by atoms with Crippen molar-refractivity contribution in [2.24, 2.45) is 16.5 Å². The van der Waals surface area contributed by atoms with Crippen LogP contribution in [-0.2, 0) is 0 Å². The number of hydrogen-bond acceptors (Lipinski definition) is 2. The highest BCUT2D eigenvalue weighted by molar-refractivity contribution is 8.14. The Labute approximate surface area is 70.9 Å². The fourth-order valence-electron chi connectivity index (χ4n) is 0.418. The summed E-state index contributed by atoms with van der Waals surface area (Å²) in [6.45, 7) is 4.09. The molecule has 0 rings (SSSR count). The largest absolute Gasteiger partial charge is 0.370 e. The van der Waals surface area contributed by atoms with Crippen LogP contribution in [0.15, 0.2) is 4.99 Å². The summed E-state index contributed by atoms with van der Waals surface area (Å²) >= 11 is 1.36. The number of amidine groups is 1. The van der Waals surface area contributed by atoms with E-state index < -0.39 is 0 Å². The molecule has 0 radical (unpaired) electrons. The second-order valence-corrected chi connectivity index (χ2v) is 3.61. The maximum Gasteiger partial charge on any atom is 0.193 e. The van der Waals surface area contributed by atoms with Gasteiger partial charge in [-0.25, -0.2) is 0 Å². The fraction of sp³-hybridized carbons (Fsp3) is 0.667. The number of nitrogens with two attached hydrogens (primary N) is 2. The Morgan fingerprint density at radius 1 is 1.64 bits per heavy atom. The van der Waals surface area contributed by atoms with Crippen LogP contribution in [-0.4, -0.2) is 16.4 Å². The number of nitrogens with one attached hydrogen (secondary N) is 1. The predicted octanol–water partition coefficient (Wildman–Crippen LogP) is 0.726. The third kappa shape index (κ3) is 5.72. The van der Waals surface area contributed by atoms with E-state index in [1.807, 2.05) is 6.92 Å². The molecule has 1 atom stereocenters. The minimum atomic E-state index is -0.0502. The van der Waals surface area contributed by atoms with Crippen molar-refractivity contribution >= 4 is 22.9 Å². The third-order valence-corrected chi connectivity index (χ3v) is 2.17. The predicted molar refractivity (Wildman–Crippen MR) is 50.9 cm³/mol. The number of aliphatic imine (C=N–C) groups is 1. The topological polar surface area (TPSA) is 88.2 Å². The maximum absolute atomic E-state index is 7.27. The van der Waals surface area contributed by atoms with Gasteiger partial charge in [0.25, 0.3) is 0 Å². The molecule has 4 nitrogen and oxygen atoms in total. The van der Waals surface area contributed by atoms with Gasteiger partial charge in [0.05, 0.1) is 0 Å². The maximum atomic E-state index is 7.27. The summed E-state index contributed by atoms with van der Waals surface area (Å²) in [4.78, 5) is 3.58. The van der Waals surface area contributed by atoms with Crippen molar-refractivity contribution in [2.45, 2.75) is 25.5 Å². The van der Waals surface area contributed by atoms with Crippen LogP contribution in [0, 0.1) is 5.41 Å². The molecule has 0 aliphatic heterocycles. The Morgan fingerprint density at radius 3 is 2.55 bits per heavy atom. The van der Waals surface area contributed by atoms with Crippen LogP contribution < -0.4 is 11.5 Å². The first-order chi connectivity index (χ1) is 5.06. The molecule has 0 amide bonds. The Hall–Kier alpha value is -0.710. The minimum Gasteiger partial charge on any atom is -0.370 e. The molecule has 0 saturated carbocycles. The second-order valence-electron chi connectivity index (χ2n) is 2.18. The first-order valence-corrected chi connectivity index (χ1v) is 4.29. The smallest absolute Gasteiger partial charge is 0.193 e. The zero-order valence-electron chi connectivity index (χ0n) is 6.79. The first kappa shape index (κ1) is 10.3. The van der Waals surface area contributed by atoms with Gasteiger partial charge < -0.3 is 11.5 Å². The number of thioether (sulfide) groups is 1. The molecule has 0 spiro atoms. The molecule has 11 heavy (non-hydrogen) atoms. The molecular formula is C6H14N4S. The number of nitrogens with zero attached hydrogens (tertiary/aromatic N) is 1. The summed E-state index contributed by atoms with van der Waals surface area (Å²) in [5.74, 6) is -0.0502. The molecule has 0 fully saturated rings. The quantitative estimate of drug-likeness (QED) is 0.426. The van der Waals surface area contributed by atoms with Crippen molar-refractivity contribution in [1.82, 2.24) is 0 Å². The Morgan fingerprint density at radius 2 is 2.18 bits per heavy atom. The van der Waals surface area contributed by atoms with E-state index in [1.165, 1.54) is 11.8 Å². The molecule has 5 heteroatoms. The van der Waals surface area contributed by atoms with Gasteiger partial charge in [-0.3, -0.25) is 5.41 Å². The molecule has 1 unspecified atom stereocenters. The summed E-state index contributed by atoms with van der Waals surface area (Å²) in [5.41, 5.74) is 10.2. The van der Waals surface area contributed by atoms with Crippen molar-refractivity contribution in [3.8, 4) is 0 Å². The van der Waals surface area contributed by atoms with Crippen LogP contribution in [0.4, 0.5) is 0 Å². The highest BCUT2D eigenvalue weighted by atomic mass is 32.2. The standard InChI is InChI=1S/C6H14N4S/c1-3-4(2)11-6(9)10-5(7)8/h4H,3H2,1-2H3,(H5,7,8,9,10). The van der Waals surface area contributed by atoms with Gasteiger partial charge in [-0.15, -0.1) is 0 Å². The van der Waals surface area contributed by atoms with Crippen molar-refractivity contribution in [2.75, 3.05) is 0 Å². The van der Waals surface area contributed by atoms with E-state index in [1.54, 1.807) is 0 Å². The fourth-order valence-corrected chi connectivity index (χ4v) is 1.12. The van der Waals surface area contributed by atoms with E-state index in [0.29, 0.717) is 5.25 Å². The summed E-state index contributed by atoms with van der Waals surface area (Å²) in [7, 11) is 0. The monoisotopic (exact) mass is 174 g/mol. The lowest BCUT2D eigenvalue weighted by molar-refractivity contribution is 0.910. The average Bonchev–Trinajstić information content (AvgIpc) is 1.85. The lowest BCUT2D eigenvalue weighted by Crippen LogP contribution is -2.23. The highest BCUT2D eigenvalue weighted by Crippen LogP contribution is 2.14. The van der Waals surface area contributed by atoms with Crippen LogP contribution >= 0.6 is 11.8 Å². The molecule has 0 aromatic heterocycles. The average molecular weight is 174 g/mol. The normalized spacial score (nSPS) is 12.2. The van der Waals surface area contributed by atoms with Gasteiger partial charge in [-0.2, -0.15) is 4.99 Å². The minimum absolute atomic E-state index is 0.0502. The van der Waals surface area contributed by atoms with Crippen LogP contribution in [0.1, 0.15) is 20.3 Å². The van der Waals surface area contributed by atoms with Gasteiger partial charge in [-0.1, -0.05) is 25.6 Å². The second kappa shape index (κ2) is 5.01. The van der Waals surface area contributed by atoms with Crippen LogP contribution in [0.25, 0.3) is 0 Å². The van der Waals surface area contributed by atoms with E-state index in [4.69, 9.17) is 16.9 Å². The number of rotatable bonds is 2. The van der Waals surface area contributed by atoms with Crippen LogP contribution in [0.5, 0.6) is 0 Å². The van der Waals surface area contributed by atoms with Crippen molar-refractivity contribution in [3.63, 3.8) is 0 Å². The van der Waals surface area contributed by atoms with E-state index in [9.17, 15) is 0 Å². The Kier molecular flexibility index (Phi) is 4.69. The van der Waals surface area contributed by atoms with Crippen LogP contribution in [0.2, 0.25) is 0 Å². The van der Waals surface area contributed by atoms with Crippen LogP contribution in [0.3, 0.4) is 0 Å². The van der Waals surface area contributed by atoms with E-state index in [2.05, 4.69) is 11.9 Å². The van der Waals surface area contributed by atoms with Crippen molar-refractivity contribution in [3.05, 3.63) is 0 Å². The summed E-state index contributed by atoms with van der Waals surface area (Å²) in [6.07, 6.45) is 1.01. The molecule has 0 aromatic carbocycles. The molecule has 0 bridgehead atoms. The highest BCUT2D eigenvalue weighted by Gasteiger charge is 2.02. The van der Waals surface area contributed by atoms with Gasteiger partial charge in [0, 0.05) is 5.25 Å². The van der Waals surface area contributed by atoms with Crippen molar-refractivity contribution < 1.29 is 0 Å². The van der Waals surface area contributed by atoms with Gasteiger partial charge >= 0.3 is 0 Å². The zero-order chi connectivity index (χ0) is 8.85. The molecule has 0 aromatic rings. The summed E-state index contributed by atoms with van der Waals surface area (Å²) < 4.78 is 0. The number of guanidine groups is 1. The van der Waals surface area contributed by atoms with E-state index in [-0.39, 0.29) is 11.1 Å². The van der Waals surface area contributed by atoms with Gasteiger partial charge in [0.15, 0.2) is 11.1 Å². The molecular weight excluding hydrogens is 160 g/mol. The lowest BCUT2D eigenvalue weighted by Gasteiger charge is -2.04. The van der Waals surface area contributed by atoms with Gasteiger partial charge in [0.2, 0.25) is 0 Å². The van der Waals surface area contributed by atoms with E-state index >= 15 is 0 Å². The molecule has 5 N–H and O–H groups in total. The molecule has 64 valence electrons. The SMILES string of the molecule is CCC(C)SC(=N)N=C(N)N. The van der Waals surface area contributed by atoms with Gasteiger partial charge in [0.1, 0.15) is 0 Å². The Balaban J connectivity index is 3.79.